The molecule has 5 heteroatoms. The molecule has 1 aliphatic carbocycles. The molecule has 15 heavy (non-hydrogen) atoms. The van der Waals surface area contributed by atoms with E-state index in [2.05, 4.69) is 10.3 Å². The van der Waals surface area contributed by atoms with Crippen LogP contribution in [0.5, 0.6) is 0 Å². The average Bonchev–Trinajstić information content (AvgIpc) is 2.14. The minimum Gasteiger partial charge on any atom is -0.388 e. The lowest BCUT2D eigenvalue weighted by Crippen LogP contribution is -2.43. The SMILES string of the molecule is OC1(CNc2ncc(F)cc2F)CCC1. The molecule has 0 unspecified atom stereocenters. The fraction of sp³-hybridized carbons (Fsp3) is 0.500. The highest BCUT2D eigenvalue weighted by molar-refractivity contribution is 5.36. The Bertz CT molecular complexity index is 366. The van der Waals surface area contributed by atoms with E-state index in [0.717, 1.165) is 18.7 Å². The van der Waals surface area contributed by atoms with Gasteiger partial charge in [-0.2, -0.15) is 0 Å². The second-order valence-electron chi connectivity index (χ2n) is 3.92. The van der Waals surface area contributed by atoms with Gasteiger partial charge in [0.05, 0.1) is 11.8 Å². The van der Waals surface area contributed by atoms with Crippen LogP contribution in [0, 0.1) is 11.6 Å². The molecule has 0 aromatic carbocycles. The lowest BCUT2D eigenvalue weighted by atomic mass is 9.80. The maximum Gasteiger partial charge on any atom is 0.168 e. The van der Waals surface area contributed by atoms with Crippen molar-refractivity contribution in [1.29, 1.82) is 0 Å². The van der Waals surface area contributed by atoms with Crippen molar-refractivity contribution < 1.29 is 13.9 Å². The Hall–Kier alpha value is -1.23. The molecule has 3 nitrogen and oxygen atoms in total. The van der Waals surface area contributed by atoms with Crippen molar-refractivity contribution in [3.05, 3.63) is 23.9 Å². The Balaban J connectivity index is 1.98. The van der Waals surface area contributed by atoms with Crippen molar-refractivity contribution in [2.75, 3.05) is 11.9 Å². The van der Waals surface area contributed by atoms with Gasteiger partial charge in [-0.05, 0) is 19.3 Å². The van der Waals surface area contributed by atoms with Gasteiger partial charge in [-0.1, -0.05) is 0 Å². The Labute approximate surface area is 86.1 Å². The highest BCUT2D eigenvalue weighted by Gasteiger charge is 2.34. The Morgan fingerprint density at radius 2 is 2.20 bits per heavy atom. The summed E-state index contributed by atoms with van der Waals surface area (Å²) in [7, 11) is 0. The molecule has 2 N–H and O–H groups in total. The topological polar surface area (TPSA) is 45.1 Å². The molecule has 1 heterocycles. The van der Waals surface area contributed by atoms with Crippen LogP contribution in [0.2, 0.25) is 0 Å². The van der Waals surface area contributed by atoms with E-state index in [0.29, 0.717) is 12.8 Å². The van der Waals surface area contributed by atoms with Crippen LogP contribution in [0.4, 0.5) is 14.6 Å². The highest BCUT2D eigenvalue weighted by atomic mass is 19.1. The second-order valence-corrected chi connectivity index (χ2v) is 3.92. The van der Waals surface area contributed by atoms with Crippen LogP contribution < -0.4 is 5.32 Å². The van der Waals surface area contributed by atoms with Crippen LogP contribution >= 0.6 is 0 Å². The predicted octanol–water partition coefficient (Wildman–Crippen LogP) is 1.69. The summed E-state index contributed by atoms with van der Waals surface area (Å²) in [5, 5.41) is 12.4. The molecular weight excluding hydrogens is 202 g/mol. The summed E-state index contributed by atoms with van der Waals surface area (Å²) in [4.78, 5) is 3.57. The van der Waals surface area contributed by atoms with E-state index in [1.165, 1.54) is 0 Å². The molecular formula is C10H12F2N2O. The molecule has 82 valence electrons. The number of anilines is 1. The minimum atomic E-state index is -0.748. The van der Waals surface area contributed by atoms with Gasteiger partial charge in [-0.15, -0.1) is 0 Å². The molecule has 1 aliphatic rings. The summed E-state index contributed by atoms with van der Waals surface area (Å²) in [6.07, 6.45) is 3.35. The van der Waals surface area contributed by atoms with Gasteiger partial charge in [0.1, 0.15) is 5.82 Å². The van der Waals surface area contributed by atoms with Crippen LogP contribution in [-0.4, -0.2) is 22.2 Å². The van der Waals surface area contributed by atoms with Gasteiger partial charge in [0.25, 0.3) is 0 Å². The Kier molecular flexibility index (Phi) is 2.56. The predicted molar refractivity (Wildman–Crippen MR) is 51.4 cm³/mol. The molecule has 0 saturated heterocycles. The molecule has 1 fully saturated rings. The van der Waals surface area contributed by atoms with E-state index < -0.39 is 17.2 Å². The molecule has 1 saturated carbocycles. The van der Waals surface area contributed by atoms with Gasteiger partial charge in [-0.3, -0.25) is 0 Å². The van der Waals surface area contributed by atoms with Gasteiger partial charge in [0.2, 0.25) is 0 Å². The van der Waals surface area contributed by atoms with Gasteiger partial charge >= 0.3 is 0 Å². The van der Waals surface area contributed by atoms with Gasteiger partial charge < -0.3 is 10.4 Å². The molecule has 0 spiro atoms. The van der Waals surface area contributed by atoms with Crippen molar-refractivity contribution in [2.45, 2.75) is 24.9 Å². The molecule has 0 amide bonds. The largest absolute Gasteiger partial charge is 0.388 e. The van der Waals surface area contributed by atoms with Crippen LogP contribution in [0.25, 0.3) is 0 Å². The van der Waals surface area contributed by atoms with Gasteiger partial charge in [0, 0.05) is 12.6 Å². The number of aliphatic hydroxyl groups is 1. The first-order chi connectivity index (χ1) is 7.09. The number of pyridine rings is 1. The number of nitrogens with one attached hydrogen (secondary N) is 1. The summed E-state index contributed by atoms with van der Waals surface area (Å²) in [6.45, 7) is 0.253. The molecule has 0 bridgehead atoms. The van der Waals surface area contributed by atoms with Gasteiger partial charge in [0.15, 0.2) is 11.6 Å². The number of halogens is 2. The molecule has 2 rings (SSSR count). The smallest absolute Gasteiger partial charge is 0.168 e. The number of nitrogens with zero attached hydrogens (tertiary/aromatic N) is 1. The van der Waals surface area contributed by atoms with Crippen LogP contribution in [0.15, 0.2) is 12.3 Å². The normalized spacial score (nSPS) is 18.3. The van der Waals surface area contributed by atoms with Crippen LogP contribution in [0.3, 0.4) is 0 Å². The third kappa shape index (κ3) is 2.23. The standard InChI is InChI=1S/C10H12F2N2O/c11-7-4-8(12)9(13-5-7)14-6-10(15)2-1-3-10/h4-5,15H,1-3,6H2,(H,13,14). The summed E-state index contributed by atoms with van der Waals surface area (Å²) >= 11 is 0. The molecule has 0 atom stereocenters. The summed E-state index contributed by atoms with van der Waals surface area (Å²) in [5.41, 5.74) is -0.748. The lowest BCUT2D eigenvalue weighted by Gasteiger charge is -2.36. The quantitative estimate of drug-likeness (QED) is 0.804. The second kappa shape index (κ2) is 3.73. The number of hydrogen-bond acceptors (Lipinski definition) is 3. The third-order valence-electron chi connectivity index (χ3n) is 2.68. The van der Waals surface area contributed by atoms with Crippen molar-refractivity contribution in [2.24, 2.45) is 0 Å². The zero-order chi connectivity index (χ0) is 10.9. The van der Waals surface area contributed by atoms with Crippen LogP contribution in [0.1, 0.15) is 19.3 Å². The molecule has 1 aromatic rings. The Morgan fingerprint density at radius 3 is 2.73 bits per heavy atom. The number of hydrogen-bond donors (Lipinski definition) is 2. The maximum atomic E-state index is 13.1. The monoisotopic (exact) mass is 214 g/mol. The first kappa shape index (κ1) is 10.3. The highest BCUT2D eigenvalue weighted by Crippen LogP contribution is 2.31. The van der Waals surface area contributed by atoms with Crippen molar-refractivity contribution in [3.8, 4) is 0 Å². The first-order valence-corrected chi connectivity index (χ1v) is 4.86. The third-order valence-corrected chi connectivity index (χ3v) is 2.68. The zero-order valence-electron chi connectivity index (χ0n) is 8.13. The van der Waals surface area contributed by atoms with Crippen LogP contribution in [-0.2, 0) is 0 Å². The first-order valence-electron chi connectivity index (χ1n) is 4.86. The lowest BCUT2D eigenvalue weighted by molar-refractivity contribution is -0.0203. The van der Waals surface area contributed by atoms with E-state index >= 15 is 0 Å². The fourth-order valence-electron chi connectivity index (χ4n) is 1.55. The summed E-state index contributed by atoms with van der Waals surface area (Å²) in [6, 6.07) is 0.764. The minimum absolute atomic E-state index is 0.0169. The van der Waals surface area contributed by atoms with Crippen molar-refractivity contribution >= 4 is 5.82 Å². The molecule has 0 radical (unpaired) electrons. The number of rotatable bonds is 3. The van der Waals surface area contributed by atoms with E-state index in [1.54, 1.807) is 0 Å². The van der Waals surface area contributed by atoms with E-state index in [-0.39, 0.29) is 12.4 Å². The van der Waals surface area contributed by atoms with Crippen molar-refractivity contribution in [1.82, 2.24) is 4.98 Å². The molecule has 0 aliphatic heterocycles. The van der Waals surface area contributed by atoms with E-state index in [9.17, 15) is 13.9 Å². The maximum absolute atomic E-state index is 13.1. The Morgan fingerprint density at radius 1 is 1.47 bits per heavy atom. The zero-order valence-corrected chi connectivity index (χ0v) is 8.13. The van der Waals surface area contributed by atoms with E-state index in [4.69, 9.17) is 0 Å². The van der Waals surface area contributed by atoms with Gasteiger partial charge in [-0.25, -0.2) is 13.8 Å². The fourth-order valence-corrected chi connectivity index (χ4v) is 1.55. The summed E-state index contributed by atoms with van der Waals surface area (Å²) < 4.78 is 25.6. The number of aromatic nitrogens is 1. The summed E-state index contributed by atoms with van der Waals surface area (Å²) in [5.74, 6) is -1.46. The average molecular weight is 214 g/mol. The van der Waals surface area contributed by atoms with Crippen molar-refractivity contribution in [3.63, 3.8) is 0 Å². The molecule has 1 aromatic heterocycles. The van der Waals surface area contributed by atoms with E-state index in [1.807, 2.05) is 0 Å².